The molecule has 2 nitrogen and oxygen atoms in total. The van der Waals surface area contributed by atoms with Gasteiger partial charge < -0.3 is 5.11 Å². The van der Waals surface area contributed by atoms with Gasteiger partial charge in [-0.25, -0.2) is 0 Å². The third-order valence-electron chi connectivity index (χ3n) is 5.31. The first-order valence-electron chi connectivity index (χ1n) is 6.29. The Labute approximate surface area is 97.7 Å². The molecule has 16 heavy (non-hydrogen) atoms. The Bertz CT molecular complexity index is 341. The first kappa shape index (κ1) is 11.7. The minimum absolute atomic E-state index is 0.311. The summed E-state index contributed by atoms with van der Waals surface area (Å²) < 4.78 is 0. The van der Waals surface area contributed by atoms with E-state index in [-0.39, 0.29) is 0 Å². The van der Waals surface area contributed by atoms with E-state index in [9.17, 15) is 4.79 Å². The lowest BCUT2D eigenvalue weighted by Gasteiger charge is -2.66. The van der Waals surface area contributed by atoms with E-state index in [0.717, 1.165) is 18.8 Å². The van der Waals surface area contributed by atoms with Crippen molar-refractivity contribution in [2.45, 2.75) is 52.9 Å². The van der Waals surface area contributed by atoms with Gasteiger partial charge in [0.05, 0.1) is 0 Å². The average Bonchev–Trinajstić information content (AvgIpc) is 2.19. The SMILES string of the molecule is CC1=CCC2CC1(CCCC(=O)O)C2(C)C. The number of carboxylic acid groups (broad SMARTS) is 1. The van der Waals surface area contributed by atoms with Gasteiger partial charge in [0.2, 0.25) is 0 Å². The van der Waals surface area contributed by atoms with Crippen molar-refractivity contribution in [1.29, 1.82) is 0 Å². The van der Waals surface area contributed by atoms with Gasteiger partial charge in [-0.05, 0) is 49.4 Å². The summed E-state index contributed by atoms with van der Waals surface area (Å²) in [7, 11) is 0. The predicted octanol–water partition coefficient (Wildman–Crippen LogP) is 3.62. The van der Waals surface area contributed by atoms with E-state index in [1.54, 1.807) is 0 Å². The molecular formula is C14H22O2. The largest absolute Gasteiger partial charge is 0.481 e. The van der Waals surface area contributed by atoms with E-state index >= 15 is 0 Å². The van der Waals surface area contributed by atoms with Gasteiger partial charge in [0.1, 0.15) is 0 Å². The molecule has 0 heterocycles. The van der Waals surface area contributed by atoms with Gasteiger partial charge in [0.25, 0.3) is 0 Å². The smallest absolute Gasteiger partial charge is 0.303 e. The molecule has 0 spiro atoms. The van der Waals surface area contributed by atoms with Gasteiger partial charge in [-0.3, -0.25) is 4.79 Å². The molecule has 1 N–H and O–H groups in total. The lowest BCUT2D eigenvalue weighted by molar-refractivity contribution is -0.138. The fraction of sp³-hybridized carbons (Fsp3) is 0.786. The molecule has 2 atom stereocenters. The van der Waals surface area contributed by atoms with E-state index in [4.69, 9.17) is 5.11 Å². The van der Waals surface area contributed by atoms with Crippen LogP contribution in [0.2, 0.25) is 0 Å². The molecule has 0 amide bonds. The van der Waals surface area contributed by atoms with Crippen LogP contribution in [0.25, 0.3) is 0 Å². The summed E-state index contributed by atoms with van der Waals surface area (Å²) in [5.41, 5.74) is 2.20. The van der Waals surface area contributed by atoms with Crippen LogP contribution in [0.1, 0.15) is 52.9 Å². The summed E-state index contributed by atoms with van der Waals surface area (Å²) in [6, 6.07) is 0. The molecule has 3 aliphatic rings. The molecule has 1 saturated carbocycles. The quantitative estimate of drug-likeness (QED) is 0.737. The lowest BCUT2D eigenvalue weighted by atomic mass is 9.39. The topological polar surface area (TPSA) is 37.3 Å². The van der Waals surface area contributed by atoms with Crippen molar-refractivity contribution in [3.8, 4) is 0 Å². The monoisotopic (exact) mass is 222 g/mol. The third-order valence-corrected chi connectivity index (χ3v) is 5.31. The molecule has 0 aromatic carbocycles. The van der Waals surface area contributed by atoms with Crippen molar-refractivity contribution >= 4 is 5.97 Å². The molecule has 0 aliphatic heterocycles. The number of hydrogen-bond donors (Lipinski definition) is 1. The highest BCUT2D eigenvalue weighted by atomic mass is 16.4. The molecule has 3 rings (SSSR count). The molecule has 90 valence electrons. The highest BCUT2D eigenvalue weighted by molar-refractivity contribution is 5.66. The molecule has 0 saturated heterocycles. The van der Waals surface area contributed by atoms with Crippen LogP contribution in [0.15, 0.2) is 11.6 Å². The molecule has 0 aromatic rings. The van der Waals surface area contributed by atoms with Crippen molar-refractivity contribution in [2.75, 3.05) is 0 Å². The van der Waals surface area contributed by atoms with Crippen molar-refractivity contribution < 1.29 is 9.90 Å². The zero-order valence-corrected chi connectivity index (χ0v) is 10.5. The highest BCUT2D eigenvalue weighted by Crippen LogP contribution is 2.69. The lowest BCUT2D eigenvalue weighted by Crippen LogP contribution is -2.57. The molecule has 2 bridgehead atoms. The number of aliphatic carboxylic acids is 1. The van der Waals surface area contributed by atoms with Gasteiger partial charge in [0.15, 0.2) is 0 Å². The van der Waals surface area contributed by atoms with Gasteiger partial charge in [-0.1, -0.05) is 25.5 Å². The fourth-order valence-corrected chi connectivity index (χ4v) is 3.92. The van der Waals surface area contributed by atoms with Gasteiger partial charge in [-0.15, -0.1) is 0 Å². The van der Waals surface area contributed by atoms with Crippen molar-refractivity contribution in [2.24, 2.45) is 16.7 Å². The van der Waals surface area contributed by atoms with Crippen molar-refractivity contribution in [1.82, 2.24) is 0 Å². The third kappa shape index (κ3) is 1.42. The highest BCUT2D eigenvalue weighted by Gasteiger charge is 2.60. The van der Waals surface area contributed by atoms with Crippen LogP contribution in [0.4, 0.5) is 0 Å². The van der Waals surface area contributed by atoms with E-state index in [0.29, 0.717) is 17.3 Å². The first-order chi connectivity index (χ1) is 7.40. The zero-order chi connectivity index (χ0) is 12.0. The summed E-state index contributed by atoms with van der Waals surface area (Å²) in [5.74, 6) is 0.156. The molecule has 2 unspecified atom stereocenters. The molecular weight excluding hydrogens is 200 g/mol. The number of carboxylic acids is 1. The fourth-order valence-electron chi connectivity index (χ4n) is 3.92. The number of rotatable bonds is 4. The Morgan fingerprint density at radius 3 is 2.75 bits per heavy atom. The van der Waals surface area contributed by atoms with Crippen LogP contribution in [0.5, 0.6) is 0 Å². The van der Waals surface area contributed by atoms with E-state index in [1.165, 1.54) is 18.4 Å². The maximum Gasteiger partial charge on any atom is 0.303 e. The van der Waals surface area contributed by atoms with E-state index < -0.39 is 5.97 Å². The normalized spacial score (nSPS) is 35.2. The summed E-state index contributed by atoms with van der Waals surface area (Å²) in [6.45, 7) is 6.95. The zero-order valence-electron chi connectivity index (χ0n) is 10.5. The van der Waals surface area contributed by atoms with Crippen molar-refractivity contribution in [3.63, 3.8) is 0 Å². The Hall–Kier alpha value is -0.790. The second-order valence-electron chi connectivity index (χ2n) is 6.07. The Morgan fingerprint density at radius 1 is 1.56 bits per heavy atom. The predicted molar refractivity (Wildman–Crippen MR) is 64.2 cm³/mol. The van der Waals surface area contributed by atoms with Crippen LogP contribution < -0.4 is 0 Å². The Balaban J connectivity index is 2.08. The summed E-state index contributed by atoms with van der Waals surface area (Å²) >= 11 is 0. The molecule has 1 fully saturated rings. The first-order valence-corrected chi connectivity index (χ1v) is 6.29. The average molecular weight is 222 g/mol. The van der Waals surface area contributed by atoms with Crippen LogP contribution in [-0.4, -0.2) is 11.1 Å². The summed E-state index contributed by atoms with van der Waals surface area (Å²) in [6.07, 6.45) is 7.05. The van der Waals surface area contributed by atoms with Crippen LogP contribution >= 0.6 is 0 Å². The van der Waals surface area contributed by atoms with Crippen LogP contribution in [0.3, 0.4) is 0 Å². The minimum atomic E-state index is -0.664. The maximum atomic E-state index is 10.6. The molecule has 2 heteroatoms. The van der Waals surface area contributed by atoms with Gasteiger partial charge >= 0.3 is 5.97 Å². The second kappa shape index (κ2) is 3.61. The Kier molecular flexibility index (Phi) is 2.64. The van der Waals surface area contributed by atoms with Gasteiger partial charge in [-0.2, -0.15) is 0 Å². The van der Waals surface area contributed by atoms with Gasteiger partial charge in [0, 0.05) is 6.42 Å². The Morgan fingerprint density at radius 2 is 2.25 bits per heavy atom. The maximum absolute atomic E-state index is 10.6. The number of allylic oxidation sites excluding steroid dienone is 2. The van der Waals surface area contributed by atoms with Crippen molar-refractivity contribution in [3.05, 3.63) is 11.6 Å². The summed E-state index contributed by atoms with van der Waals surface area (Å²) in [5, 5.41) is 8.72. The molecule has 3 aliphatic carbocycles. The number of carbonyl (C=O) groups is 1. The number of hydrogen-bond acceptors (Lipinski definition) is 1. The standard InChI is InChI=1S/C14H22O2/c1-10-6-7-11-9-14(10,13(11,2)3)8-4-5-12(15)16/h6,11H,4-5,7-9H2,1-3H3,(H,15,16). The van der Waals surface area contributed by atoms with Crippen LogP contribution in [0, 0.1) is 16.7 Å². The number of fused-ring (bicyclic) bond motifs is 1. The molecule has 0 radical (unpaired) electrons. The molecule has 0 aromatic heterocycles. The van der Waals surface area contributed by atoms with E-state index in [1.807, 2.05) is 0 Å². The second-order valence-corrected chi connectivity index (χ2v) is 6.07. The van der Waals surface area contributed by atoms with Crippen LogP contribution in [-0.2, 0) is 4.79 Å². The van der Waals surface area contributed by atoms with E-state index in [2.05, 4.69) is 26.8 Å². The minimum Gasteiger partial charge on any atom is -0.481 e. The summed E-state index contributed by atoms with van der Waals surface area (Å²) in [4.78, 5) is 10.6.